The van der Waals surface area contributed by atoms with Crippen molar-refractivity contribution in [2.45, 2.75) is 0 Å². The number of hydrogen-bond donors (Lipinski definition) is 1. The highest BCUT2D eigenvalue weighted by Crippen LogP contribution is 2.27. The number of nitrogen functional groups attached to an aromatic ring is 1. The first-order valence-corrected chi connectivity index (χ1v) is 9.40. The molecule has 0 saturated heterocycles. The number of esters is 1. The van der Waals surface area contributed by atoms with Crippen LogP contribution in [0.25, 0.3) is 33.4 Å². The molecular formula is C22H14N6O4. The Morgan fingerprint density at radius 3 is 2.81 bits per heavy atom. The molecule has 0 atom stereocenters. The molecule has 2 N–H and O–H groups in total. The zero-order valence-corrected chi connectivity index (χ0v) is 16.6. The molecule has 0 fully saturated rings. The quantitative estimate of drug-likeness (QED) is 0.343. The molecule has 32 heavy (non-hydrogen) atoms. The monoisotopic (exact) mass is 426 g/mol. The van der Waals surface area contributed by atoms with E-state index in [1.54, 1.807) is 36.4 Å². The SMILES string of the molecule is COC(=O)c1c(N)c(C#N)cn1-c1ccc2cc(-n3nnc4ccccc43)c(=O)oc2c1. The third-order valence-electron chi connectivity index (χ3n) is 5.10. The van der Waals surface area contributed by atoms with E-state index in [1.807, 2.05) is 18.2 Å². The van der Waals surface area contributed by atoms with Gasteiger partial charge in [0.2, 0.25) is 0 Å². The lowest BCUT2D eigenvalue weighted by Crippen LogP contribution is -2.12. The van der Waals surface area contributed by atoms with Gasteiger partial charge in [-0.25, -0.2) is 14.3 Å². The van der Waals surface area contributed by atoms with Gasteiger partial charge in [0.05, 0.1) is 23.9 Å². The zero-order chi connectivity index (χ0) is 22.4. The standard InChI is InChI=1S/C22H14N6O4/c1-31-22(30)20-19(24)13(10-23)11-27(20)14-7-6-12-8-17(21(29)32-18(12)9-14)28-16-5-3-2-4-15(16)25-26-28/h2-9,11H,24H2,1H3. The molecule has 3 aromatic heterocycles. The fourth-order valence-corrected chi connectivity index (χ4v) is 3.55. The number of anilines is 1. The van der Waals surface area contributed by atoms with Crippen LogP contribution in [0.1, 0.15) is 16.1 Å². The van der Waals surface area contributed by atoms with Crippen LogP contribution in [0.3, 0.4) is 0 Å². The van der Waals surface area contributed by atoms with Gasteiger partial charge in [-0.1, -0.05) is 17.3 Å². The number of hydrogen-bond acceptors (Lipinski definition) is 8. The maximum absolute atomic E-state index is 12.7. The van der Waals surface area contributed by atoms with Gasteiger partial charge in [-0.3, -0.25) is 0 Å². The zero-order valence-electron chi connectivity index (χ0n) is 16.6. The molecule has 10 heteroatoms. The Morgan fingerprint density at radius 1 is 1.22 bits per heavy atom. The molecule has 0 aliphatic heterocycles. The Bertz CT molecular complexity index is 1640. The largest absolute Gasteiger partial charge is 0.464 e. The summed E-state index contributed by atoms with van der Waals surface area (Å²) in [5.74, 6) is -0.695. The molecule has 0 unspecified atom stereocenters. The number of benzene rings is 2. The molecule has 0 bridgehead atoms. The molecule has 0 aliphatic carbocycles. The maximum atomic E-state index is 12.7. The van der Waals surface area contributed by atoms with Crippen molar-refractivity contribution >= 4 is 33.7 Å². The summed E-state index contributed by atoms with van der Waals surface area (Å²) in [6.45, 7) is 0. The first kappa shape index (κ1) is 19.1. The summed E-state index contributed by atoms with van der Waals surface area (Å²) >= 11 is 0. The predicted molar refractivity (Wildman–Crippen MR) is 115 cm³/mol. The van der Waals surface area contributed by atoms with Gasteiger partial charge in [-0.15, -0.1) is 5.10 Å². The van der Waals surface area contributed by atoms with E-state index in [-0.39, 0.29) is 28.2 Å². The normalized spacial score (nSPS) is 11.0. The van der Waals surface area contributed by atoms with Gasteiger partial charge in [0.25, 0.3) is 0 Å². The second-order valence-electron chi connectivity index (χ2n) is 6.91. The number of ether oxygens (including phenoxy) is 1. The van der Waals surface area contributed by atoms with Crippen LogP contribution in [0.4, 0.5) is 5.69 Å². The average Bonchev–Trinajstić information content (AvgIpc) is 3.38. The summed E-state index contributed by atoms with van der Waals surface area (Å²) in [4.78, 5) is 25.0. The van der Waals surface area contributed by atoms with E-state index in [9.17, 15) is 14.9 Å². The fourth-order valence-electron chi connectivity index (χ4n) is 3.55. The van der Waals surface area contributed by atoms with Crippen LogP contribution in [-0.4, -0.2) is 32.6 Å². The Kier molecular flexibility index (Phi) is 4.23. The average molecular weight is 426 g/mol. The number of methoxy groups -OCH3 is 1. The minimum Gasteiger partial charge on any atom is -0.464 e. The highest BCUT2D eigenvalue weighted by Gasteiger charge is 2.22. The third kappa shape index (κ3) is 2.80. The van der Waals surface area contributed by atoms with E-state index in [4.69, 9.17) is 14.9 Å². The van der Waals surface area contributed by atoms with Gasteiger partial charge in [-0.05, 0) is 30.3 Å². The topological polar surface area (TPSA) is 142 Å². The Labute approximate surface area is 179 Å². The Hall–Kier alpha value is -4.91. The summed E-state index contributed by atoms with van der Waals surface area (Å²) in [5, 5.41) is 18.1. The molecule has 2 aromatic carbocycles. The molecule has 0 amide bonds. The minimum absolute atomic E-state index is 0.00862. The third-order valence-corrected chi connectivity index (χ3v) is 5.10. The van der Waals surface area contributed by atoms with Gasteiger partial charge < -0.3 is 19.5 Å². The second kappa shape index (κ2) is 7.10. The number of carbonyl (C=O) groups excluding carboxylic acids is 1. The fraction of sp³-hybridized carbons (Fsp3) is 0.0455. The van der Waals surface area contributed by atoms with E-state index in [1.165, 1.54) is 22.6 Å². The summed E-state index contributed by atoms with van der Waals surface area (Å²) < 4.78 is 13.2. The number of nitriles is 1. The van der Waals surface area contributed by atoms with E-state index >= 15 is 0 Å². The highest BCUT2D eigenvalue weighted by molar-refractivity contribution is 5.96. The predicted octanol–water partition coefficient (Wildman–Crippen LogP) is 2.56. The molecule has 5 rings (SSSR count). The van der Waals surface area contributed by atoms with Crippen LogP contribution in [0, 0.1) is 11.3 Å². The van der Waals surface area contributed by atoms with Crippen molar-refractivity contribution in [2.24, 2.45) is 0 Å². The van der Waals surface area contributed by atoms with Gasteiger partial charge >= 0.3 is 11.6 Å². The number of fused-ring (bicyclic) bond motifs is 2. The van der Waals surface area contributed by atoms with Crippen LogP contribution in [0.2, 0.25) is 0 Å². The lowest BCUT2D eigenvalue weighted by molar-refractivity contribution is 0.0593. The van der Waals surface area contributed by atoms with Crippen molar-refractivity contribution in [1.82, 2.24) is 19.6 Å². The number of nitrogens with zero attached hydrogens (tertiary/aromatic N) is 5. The number of rotatable bonds is 3. The van der Waals surface area contributed by atoms with Gasteiger partial charge in [0, 0.05) is 23.3 Å². The first-order valence-electron chi connectivity index (χ1n) is 9.40. The molecule has 0 spiro atoms. The minimum atomic E-state index is -0.695. The van der Waals surface area contributed by atoms with Crippen LogP contribution in [-0.2, 0) is 4.74 Å². The molecule has 0 aliphatic rings. The maximum Gasteiger partial charge on any atom is 0.362 e. The van der Waals surface area contributed by atoms with E-state index in [0.29, 0.717) is 22.1 Å². The van der Waals surface area contributed by atoms with E-state index in [0.717, 1.165) is 0 Å². The van der Waals surface area contributed by atoms with E-state index < -0.39 is 11.6 Å². The van der Waals surface area contributed by atoms with Gasteiger partial charge in [-0.2, -0.15) is 5.26 Å². The first-order chi connectivity index (χ1) is 15.5. The van der Waals surface area contributed by atoms with Crippen LogP contribution >= 0.6 is 0 Å². The molecular weight excluding hydrogens is 412 g/mol. The molecule has 5 aromatic rings. The van der Waals surface area contributed by atoms with Crippen LogP contribution < -0.4 is 11.4 Å². The van der Waals surface area contributed by atoms with Crippen LogP contribution in [0.5, 0.6) is 0 Å². The molecule has 0 saturated carbocycles. The lowest BCUT2D eigenvalue weighted by Gasteiger charge is -2.09. The van der Waals surface area contributed by atoms with Crippen molar-refractivity contribution in [3.63, 3.8) is 0 Å². The van der Waals surface area contributed by atoms with Gasteiger partial charge in [0.15, 0.2) is 11.4 Å². The van der Waals surface area contributed by atoms with Crippen LogP contribution in [0.15, 0.2) is 63.9 Å². The number of carbonyl (C=O) groups is 1. The summed E-state index contributed by atoms with van der Waals surface area (Å²) in [5.41, 5.74) is 7.77. The Morgan fingerprint density at radius 2 is 2.03 bits per heavy atom. The van der Waals surface area contributed by atoms with Crippen molar-refractivity contribution in [3.8, 4) is 17.4 Å². The molecule has 156 valence electrons. The summed E-state index contributed by atoms with van der Waals surface area (Å²) in [6, 6.07) is 15.9. The van der Waals surface area contributed by atoms with Gasteiger partial charge in [0.1, 0.15) is 17.2 Å². The summed E-state index contributed by atoms with van der Waals surface area (Å²) in [7, 11) is 1.22. The van der Waals surface area contributed by atoms with Crippen molar-refractivity contribution in [3.05, 3.63) is 76.4 Å². The molecule has 10 nitrogen and oxygen atoms in total. The highest BCUT2D eigenvalue weighted by atomic mass is 16.5. The number of para-hydroxylation sites is 1. The lowest BCUT2D eigenvalue weighted by atomic mass is 10.2. The van der Waals surface area contributed by atoms with Crippen molar-refractivity contribution < 1.29 is 13.9 Å². The van der Waals surface area contributed by atoms with Crippen molar-refractivity contribution in [2.75, 3.05) is 12.8 Å². The molecule has 0 radical (unpaired) electrons. The second-order valence-corrected chi connectivity index (χ2v) is 6.91. The Balaban J connectivity index is 1.68. The number of nitrogens with two attached hydrogens (primary N) is 1. The van der Waals surface area contributed by atoms with E-state index in [2.05, 4.69) is 10.3 Å². The number of aromatic nitrogens is 4. The van der Waals surface area contributed by atoms with Crippen molar-refractivity contribution in [1.29, 1.82) is 5.26 Å². The molecule has 3 heterocycles. The summed E-state index contributed by atoms with van der Waals surface area (Å²) in [6.07, 6.45) is 1.43. The smallest absolute Gasteiger partial charge is 0.362 e.